The molecule has 3 aromatic rings. The third-order valence-electron chi connectivity index (χ3n) is 15.0. The first-order chi connectivity index (χ1) is 20.7. The van der Waals surface area contributed by atoms with Gasteiger partial charge in [-0.05, 0) is 126 Å². The Kier molecular flexibility index (Phi) is 6.74. The molecule has 5 fully saturated rings. The van der Waals surface area contributed by atoms with Crippen LogP contribution in [0.25, 0.3) is 10.8 Å². The van der Waals surface area contributed by atoms with Crippen LogP contribution in [0.2, 0.25) is 0 Å². The summed E-state index contributed by atoms with van der Waals surface area (Å²) < 4.78 is 5.19. The Morgan fingerprint density at radius 1 is 0.907 bits per heavy atom. The van der Waals surface area contributed by atoms with Crippen molar-refractivity contribution in [2.45, 2.75) is 118 Å². The van der Waals surface area contributed by atoms with Crippen LogP contribution in [0.15, 0.2) is 61.2 Å². The molecule has 5 aliphatic carbocycles. The van der Waals surface area contributed by atoms with Crippen LogP contribution in [-0.4, -0.2) is 4.57 Å². The SMILES string of the molecule is CC(C)CCC[C@@H](C)[C@H]1CC[C@H]2[C@@H]3C[C@H](n4cc[n+](Cc5ccc6ccccc6c5)c4)[C@]45C[C@H]4CC[C@]5(C)[C@H]3CC[C@]12C. The van der Waals surface area contributed by atoms with E-state index >= 15 is 0 Å². The summed E-state index contributed by atoms with van der Waals surface area (Å²) in [6, 6.07) is 16.5. The summed E-state index contributed by atoms with van der Waals surface area (Å²) in [7, 11) is 0. The van der Waals surface area contributed by atoms with Gasteiger partial charge < -0.3 is 0 Å². The zero-order valence-corrected chi connectivity index (χ0v) is 27.8. The van der Waals surface area contributed by atoms with Crippen molar-refractivity contribution in [3.8, 4) is 0 Å². The third kappa shape index (κ3) is 4.27. The van der Waals surface area contributed by atoms with Crippen LogP contribution in [0.3, 0.4) is 0 Å². The molecule has 1 spiro atoms. The molecule has 0 radical (unpaired) electrons. The van der Waals surface area contributed by atoms with Crippen molar-refractivity contribution >= 4 is 10.8 Å². The first-order valence-corrected chi connectivity index (χ1v) is 18.3. The summed E-state index contributed by atoms with van der Waals surface area (Å²) in [6.45, 7) is 13.9. The number of aromatic nitrogens is 2. The lowest BCUT2D eigenvalue weighted by Crippen LogP contribution is -2.55. The maximum atomic E-state index is 2.79. The molecule has 0 N–H and O–H groups in total. The van der Waals surface area contributed by atoms with Gasteiger partial charge >= 0.3 is 0 Å². The monoisotopic (exact) mass is 577 g/mol. The van der Waals surface area contributed by atoms with Crippen molar-refractivity contribution in [3.63, 3.8) is 0 Å². The number of benzene rings is 2. The molecule has 8 rings (SSSR count). The average Bonchev–Trinajstić information content (AvgIpc) is 3.22. The van der Waals surface area contributed by atoms with Gasteiger partial charge in [0.1, 0.15) is 25.0 Å². The van der Waals surface area contributed by atoms with Gasteiger partial charge in [-0.2, -0.15) is 0 Å². The second-order valence-corrected chi connectivity index (χ2v) is 17.3. The Morgan fingerprint density at radius 3 is 2.56 bits per heavy atom. The second-order valence-electron chi connectivity index (χ2n) is 17.3. The number of rotatable bonds is 8. The largest absolute Gasteiger partial charge is 0.244 e. The molecule has 0 unspecified atom stereocenters. The van der Waals surface area contributed by atoms with Crippen LogP contribution in [0.1, 0.15) is 117 Å². The second kappa shape index (κ2) is 10.2. The summed E-state index contributed by atoms with van der Waals surface area (Å²) >= 11 is 0. The molecular formula is C41H57N2+. The summed E-state index contributed by atoms with van der Waals surface area (Å²) in [5.41, 5.74) is 3.07. The fourth-order valence-electron chi connectivity index (χ4n) is 13.0. The molecule has 43 heavy (non-hydrogen) atoms. The van der Waals surface area contributed by atoms with E-state index in [0.717, 1.165) is 48.0 Å². The molecule has 0 bridgehead atoms. The Balaban J connectivity index is 1.06. The molecule has 5 saturated carbocycles. The predicted octanol–water partition coefficient (Wildman–Crippen LogP) is 10.2. The minimum atomic E-state index is 0.543. The normalized spacial score (nSPS) is 40.2. The predicted molar refractivity (Wildman–Crippen MR) is 178 cm³/mol. The quantitative estimate of drug-likeness (QED) is 0.236. The van der Waals surface area contributed by atoms with Crippen LogP contribution in [-0.2, 0) is 6.54 Å². The van der Waals surface area contributed by atoms with Crippen LogP contribution in [0.5, 0.6) is 0 Å². The minimum Gasteiger partial charge on any atom is -0.234 e. The van der Waals surface area contributed by atoms with Gasteiger partial charge in [0.05, 0.1) is 0 Å². The standard InChI is InChI=1S/C41H57N2/c1-28(2)9-8-10-29(3)35-15-16-36-34-24-38(41-25-33(41)17-20-40(41,5)37(34)18-19-39(35,36)4)43-22-21-42(27-43)26-30-13-14-31-11-6-7-12-32(31)23-30/h6-7,11-14,21-23,27-29,33-38H,8-10,15-20,24-26H2,1-5H3/q+1/t29-,33-,34+,35-,36+,37+,38+,39-,40-,41+/m1/s1. The average molecular weight is 578 g/mol. The van der Waals surface area contributed by atoms with Crippen molar-refractivity contribution in [1.82, 2.24) is 4.57 Å². The Labute approximate surface area is 261 Å². The van der Waals surface area contributed by atoms with E-state index in [-0.39, 0.29) is 0 Å². The van der Waals surface area contributed by atoms with E-state index in [1.807, 2.05) is 0 Å². The summed E-state index contributed by atoms with van der Waals surface area (Å²) in [6.07, 6.45) is 23.6. The molecule has 0 amide bonds. The van der Waals surface area contributed by atoms with Gasteiger partial charge in [0.2, 0.25) is 6.33 Å². The van der Waals surface area contributed by atoms with E-state index in [2.05, 4.69) is 105 Å². The van der Waals surface area contributed by atoms with Crippen molar-refractivity contribution in [2.75, 3.05) is 0 Å². The molecule has 2 nitrogen and oxygen atoms in total. The minimum absolute atomic E-state index is 0.543. The number of hydrogen-bond donors (Lipinski definition) is 0. The molecule has 5 aliphatic rings. The fraction of sp³-hybridized carbons (Fsp3) is 0.683. The van der Waals surface area contributed by atoms with E-state index in [4.69, 9.17) is 0 Å². The summed E-state index contributed by atoms with van der Waals surface area (Å²) in [5, 5.41) is 2.69. The van der Waals surface area contributed by atoms with Crippen LogP contribution >= 0.6 is 0 Å². The van der Waals surface area contributed by atoms with Crippen molar-refractivity contribution in [1.29, 1.82) is 0 Å². The van der Waals surface area contributed by atoms with E-state index in [0.29, 0.717) is 22.3 Å². The zero-order chi connectivity index (χ0) is 29.6. The molecule has 1 heterocycles. The molecule has 0 aliphatic heterocycles. The zero-order valence-electron chi connectivity index (χ0n) is 27.8. The van der Waals surface area contributed by atoms with Crippen molar-refractivity contribution < 1.29 is 4.57 Å². The smallest absolute Gasteiger partial charge is 0.234 e. The lowest BCUT2D eigenvalue weighted by atomic mass is 9.44. The van der Waals surface area contributed by atoms with Gasteiger partial charge in [0.15, 0.2) is 0 Å². The fourth-order valence-corrected chi connectivity index (χ4v) is 13.0. The van der Waals surface area contributed by atoms with Gasteiger partial charge in [0, 0.05) is 5.41 Å². The highest BCUT2D eigenvalue weighted by molar-refractivity contribution is 5.82. The van der Waals surface area contributed by atoms with E-state index in [1.54, 1.807) is 0 Å². The topological polar surface area (TPSA) is 8.81 Å². The van der Waals surface area contributed by atoms with E-state index in [9.17, 15) is 0 Å². The number of imidazole rings is 1. The Bertz CT molecular complexity index is 1480. The number of hydrogen-bond acceptors (Lipinski definition) is 0. The first-order valence-electron chi connectivity index (χ1n) is 18.3. The van der Waals surface area contributed by atoms with Gasteiger partial charge in [0.25, 0.3) is 0 Å². The lowest BCUT2D eigenvalue weighted by Gasteiger charge is -2.60. The summed E-state index contributed by atoms with van der Waals surface area (Å²) in [4.78, 5) is 0. The number of nitrogens with zero attached hydrogens (tertiary/aromatic N) is 2. The molecule has 1 aromatic heterocycles. The van der Waals surface area contributed by atoms with Gasteiger partial charge in [-0.1, -0.05) is 90.3 Å². The molecular weight excluding hydrogens is 520 g/mol. The molecule has 230 valence electrons. The highest BCUT2D eigenvalue weighted by Gasteiger charge is 2.78. The maximum absolute atomic E-state index is 2.79. The van der Waals surface area contributed by atoms with Crippen LogP contribution < -0.4 is 4.57 Å². The van der Waals surface area contributed by atoms with Crippen molar-refractivity contribution in [2.24, 2.45) is 57.7 Å². The Morgan fingerprint density at radius 2 is 1.74 bits per heavy atom. The lowest BCUT2D eigenvalue weighted by molar-refractivity contribution is -0.688. The van der Waals surface area contributed by atoms with Crippen LogP contribution in [0.4, 0.5) is 0 Å². The Hall–Kier alpha value is -2.09. The highest BCUT2D eigenvalue weighted by Crippen LogP contribution is 2.84. The molecule has 2 aromatic carbocycles. The molecule has 2 heteroatoms. The third-order valence-corrected chi connectivity index (χ3v) is 15.0. The van der Waals surface area contributed by atoms with E-state index < -0.39 is 0 Å². The molecule has 10 atom stereocenters. The van der Waals surface area contributed by atoms with Crippen molar-refractivity contribution in [3.05, 3.63) is 66.7 Å². The van der Waals surface area contributed by atoms with Gasteiger partial charge in [-0.15, -0.1) is 0 Å². The summed E-state index contributed by atoms with van der Waals surface area (Å²) in [5.74, 6) is 6.49. The first kappa shape index (κ1) is 28.4. The number of fused-ring (bicyclic) bond motifs is 5. The molecule has 0 saturated heterocycles. The van der Waals surface area contributed by atoms with Crippen LogP contribution in [0, 0.1) is 57.7 Å². The van der Waals surface area contributed by atoms with Gasteiger partial charge in [-0.3, -0.25) is 0 Å². The maximum Gasteiger partial charge on any atom is 0.244 e. The highest BCUT2D eigenvalue weighted by atomic mass is 15.2. The van der Waals surface area contributed by atoms with E-state index in [1.165, 1.54) is 87.0 Å². The van der Waals surface area contributed by atoms with Gasteiger partial charge in [-0.25, -0.2) is 9.13 Å².